The Morgan fingerprint density at radius 1 is 1.36 bits per heavy atom. The third-order valence-corrected chi connectivity index (χ3v) is 2.06. The van der Waals surface area contributed by atoms with Gasteiger partial charge in [-0.1, -0.05) is 19.8 Å². The summed E-state index contributed by atoms with van der Waals surface area (Å²) in [6, 6.07) is 0.708. The number of nitrogens with one attached hydrogen (secondary N) is 1. The van der Waals surface area contributed by atoms with Gasteiger partial charge in [0.1, 0.15) is 0 Å². The van der Waals surface area contributed by atoms with Crippen LogP contribution in [0.15, 0.2) is 0 Å². The maximum Gasteiger partial charge on any atom is 0.0214 e. The molecule has 0 fully saturated rings. The maximum absolute atomic E-state index is 3.22. The van der Waals surface area contributed by atoms with Crippen molar-refractivity contribution in [1.82, 2.24) is 10.2 Å². The summed E-state index contributed by atoms with van der Waals surface area (Å²) in [7, 11) is 6.32. The Kier molecular flexibility index (Phi) is 6.57. The summed E-state index contributed by atoms with van der Waals surface area (Å²) in [6.45, 7) is 3.35. The van der Waals surface area contributed by atoms with E-state index in [4.69, 9.17) is 0 Å². The molecule has 68 valence electrons. The lowest BCUT2D eigenvalue weighted by atomic mass is 10.1. The van der Waals surface area contributed by atoms with Crippen LogP contribution in [0.25, 0.3) is 0 Å². The molecule has 0 saturated heterocycles. The molecule has 0 spiro atoms. The Hall–Kier alpha value is -0.0800. The lowest BCUT2D eigenvalue weighted by molar-refractivity contribution is 0.269. The fraction of sp³-hybridized carbons (Fsp3) is 1.00. The largest absolute Gasteiger partial charge is 0.318 e. The van der Waals surface area contributed by atoms with Crippen LogP contribution >= 0.6 is 0 Å². The zero-order chi connectivity index (χ0) is 8.69. The second kappa shape index (κ2) is 6.62. The lowest BCUT2D eigenvalue weighted by Crippen LogP contribution is -2.36. The van der Waals surface area contributed by atoms with Crippen LogP contribution in [0.3, 0.4) is 0 Å². The fourth-order valence-corrected chi connectivity index (χ4v) is 1.22. The highest BCUT2D eigenvalue weighted by molar-refractivity contribution is 4.67. The van der Waals surface area contributed by atoms with Gasteiger partial charge in [-0.15, -0.1) is 0 Å². The molecular weight excluding hydrogens is 136 g/mol. The van der Waals surface area contributed by atoms with Crippen molar-refractivity contribution in [2.75, 3.05) is 27.7 Å². The molecular formula is C9H22N2. The van der Waals surface area contributed by atoms with Crippen molar-refractivity contribution in [1.29, 1.82) is 0 Å². The summed E-state index contributed by atoms with van der Waals surface area (Å²) in [6.07, 6.45) is 3.95. The standard InChI is InChI=1S/C9H22N2/c1-5-6-7-9(8-10-2)11(3)4/h9-10H,5-8H2,1-4H3. The van der Waals surface area contributed by atoms with Crippen LogP contribution in [-0.4, -0.2) is 38.6 Å². The molecule has 2 nitrogen and oxygen atoms in total. The van der Waals surface area contributed by atoms with Crippen molar-refractivity contribution in [3.05, 3.63) is 0 Å². The molecule has 2 heteroatoms. The van der Waals surface area contributed by atoms with Gasteiger partial charge in [0, 0.05) is 12.6 Å². The van der Waals surface area contributed by atoms with Crippen LogP contribution < -0.4 is 5.32 Å². The lowest BCUT2D eigenvalue weighted by Gasteiger charge is -2.23. The average Bonchev–Trinajstić information content (AvgIpc) is 1.97. The van der Waals surface area contributed by atoms with E-state index in [1.807, 2.05) is 7.05 Å². The van der Waals surface area contributed by atoms with Crippen molar-refractivity contribution in [2.45, 2.75) is 32.2 Å². The molecule has 0 heterocycles. The van der Waals surface area contributed by atoms with Crippen molar-refractivity contribution < 1.29 is 0 Å². The Morgan fingerprint density at radius 2 is 2.00 bits per heavy atom. The molecule has 1 unspecified atom stereocenters. The van der Waals surface area contributed by atoms with Crippen LogP contribution in [0.1, 0.15) is 26.2 Å². The number of likely N-dealkylation sites (N-methyl/N-ethyl adjacent to an activating group) is 2. The first-order valence-electron chi connectivity index (χ1n) is 4.53. The summed E-state index contributed by atoms with van der Waals surface area (Å²) in [4.78, 5) is 2.30. The van der Waals surface area contributed by atoms with Gasteiger partial charge in [0.15, 0.2) is 0 Å². The minimum absolute atomic E-state index is 0.708. The maximum atomic E-state index is 3.22. The van der Waals surface area contributed by atoms with Crippen LogP contribution in [0, 0.1) is 0 Å². The molecule has 0 saturated carbocycles. The normalized spacial score (nSPS) is 13.9. The van der Waals surface area contributed by atoms with Crippen LogP contribution in [0.4, 0.5) is 0 Å². The van der Waals surface area contributed by atoms with Gasteiger partial charge in [-0.3, -0.25) is 0 Å². The van der Waals surface area contributed by atoms with Crippen molar-refractivity contribution >= 4 is 0 Å². The molecule has 1 atom stereocenters. The summed E-state index contributed by atoms with van der Waals surface area (Å²) < 4.78 is 0. The predicted molar refractivity (Wildman–Crippen MR) is 50.9 cm³/mol. The summed E-state index contributed by atoms with van der Waals surface area (Å²) in [5, 5.41) is 3.22. The number of hydrogen-bond donors (Lipinski definition) is 1. The third-order valence-electron chi connectivity index (χ3n) is 2.06. The van der Waals surface area contributed by atoms with E-state index < -0.39 is 0 Å². The molecule has 0 aliphatic carbocycles. The van der Waals surface area contributed by atoms with Crippen LogP contribution in [0.5, 0.6) is 0 Å². The van der Waals surface area contributed by atoms with E-state index in [-0.39, 0.29) is 0 Å². The van der Waals surface area contributed by atoms with Gasteiger partial charge in [0.05, 0.1) is 0 Å². The van der Waals surface area contributed by atoms with E-state index >= 15 is 0 Å². The second-order valence-corrected chi connectivity index (χ2v) is 3.32. The second-order valence-electron chi connectivity index (χ2n) is 3.32. The van der Waals surface area contributed by atoms with E-state index in [0.717, 1.165) is 6.54 Å². The molecule has 11 heavy (non-hydrogen) atoms. The van der Waals surface area contributed by atoms with Crippen molar-refractivity contribution in [3.8, 4) is 0 Å². The first-order chi connectivity index (χ1) is 5.22. The molecule has 1 N–H and O–H groups in total. The first kappa shape index (κ1) is 10.9. The Balaban J connectivity index is 3.51. The number of nitrogens with zero attached hydrogens (tertiary/aromatic N) is 1. The third kappa shape index (κ3) is 5.22. The zero-order valence-corrected chi connectivity index (χ0v) is 8.35. The number of unbranched alkanes of at least 4 members (excludes halogenated alkanes) is 1. The monoisotopic (exact) mass is 158 g/mol. The van der Waals surface area contributed by atoms with Crippen LogP contribution in [-0.2, 0) is 0 Å². The van der Waals surface area contributed by atoms with Gasteiger partial charge in [0.2, 0.25) is 0 Å². The Labute approximate surface area is 71.0 Å². The Bertz CT molecular complexity index is 81.6. The van der Waals surface area contributed by atoms with Gasteiger partial charge in [0.25, 0.3) is 0 Å². The van der Waals surface area contributed by atoms with Crippen molar-refractivity contribution in [3.63, 3.8) is 0 Å². The molecule has 0 bridgehead atoms. The van der Waals surface area contributed by atoms with Gasteiger partial charge in [-0.2, -0.15) is 0 Å². The van der Waals surface area contributed by atoms with Gasteiger partial charge >= 0.3 is 0 Å². The molecule has 0 aliphatic heterocycles. The number of rotatable bonds is 6. The molecule has 0 aromatic rings. The molecule has 0 radical (unpaired) electrons. The highest BCUT2D eigenvalue weighted by atomic mass is 15.1. The minimum atomic E-state index is 0.708. The highest BCUT2D eigenvalue weighted by Gasteiger charge is 2.08. The topological polar surface area (TPSA) is 15.3 Å². The SMILES string of the molecule is CCCCC(CNC)N(C)C. The minimum Gasteiger partial charge on any atom is -0.318 e. The van der Waals surface area contributed by atoms with E-state index in [9.17, 15) is 0 Å². The average molecular weight is 158 g/mol. The molecule has 0 aromatic heterocycles. The number of hydrogen-bond acceptors (Lipinski definition) is 2. The van der Waals surface area contributed by atoms with Crippen LogP contribution in [0.2, 0.25) is 0 Å². The van der Waals surface area contributed by atoms with Gasteiger partial charge in [-0.05, 0) is 27.6 Å². The summed E-state index contributed by atoms with van der Waals surface area (Å²) in [5.41, 5.74) is 0. The molecule has 0 rings (SSSR count). The predicted octanol–water partition coefficient (Wildman–Crippen LogP) is 1.33. The van der Waals surface area contributed by atoms with E-state index in [2.05, 4.69) is 31.2 Å². The van der Waals surface area contributed by atoms with Gasteiger partial charge < -0.3 is 10.2 Å². The van der Waals surface area contributed by atoms with E-state index in [0.29, 0.717) is 6.04 Å². The summed E-state index contributed by atoms with van der Waals surface area (Å²) in [5.74, 6) is 0. The zero-order valence-electron chi connectivity index (χ0n) is 8.35. The smallest absolute Gasteiger partial charge is 0.0214 e. The molecule has 0 aromatic carbocycles. The highest BCUT2D eigenvalue weighted by Crippen LogP contribution is 2.03. The van der Waals surface area contributed by atoms with E-state index in [1.165, 1.54) is 19.3 Å². The van der Waals surface area contributed by atoms with Gasteiger partial charge in [-0.25, -0.2) is 0 Å². The fourth-order valence-electron chi connectivity index (χ4n) is 1.22. The molecule has 0 aliphatic rings. The quantitative estimate of drug-likeness (QED) is 0.627. The Morgan fingerprint density at radius 3 is 2.36 bits per heavy atom. The van der Waals surface area contributed by atoms with Crippen molar-refractivity contribution in [2.24, 2.45) is 0 Å². The summed E-state index contributed by atoms with van der Waals surface area (Å²) >= 11 is 0. The molecule has 0 amide bonds. The van der Waals surface area contributed by atoms with E-state index in [1.54, 1.807) is 0 Å². The first-order valence-corrected chi connectivity index (χ1v) is 4.53.